The highest BCUT2D eigenvalue weighted by Gasteiger charge is 2.34. The third-order valence-electron chi connectivity index (χ3n) is 3.60. The summed E-state index contributed by atoms with van der Waals surface area (Å²) in [7, 11) is 0. The lowest BCUT2D eigenvalue weighted by Crippen LogP contribution is -2.24. The molecule has 0 saturated heterocycles. The minimum absolute atomic E-state index is 0.750. The first-order valence-corrected chi connectivity index (χ1v) is 5.48. The van der Waals surface area contributed by atoms with Crippen LogP contribution in [0.25, 0.3) is 6.08 Å². The number of hydrogen-bond acceptors (Lipinski definition) is 1. The van der Waals surface area contributed by atoms with Crippen LogP contribution in [0.5, 0.6) is 0 Å². The number of hydrogen-bond donors (Lipinski definition) is 0. The van der Waals surface area contributed by atoms with Crippen LogP contribution < -0.4 is 0 Å². The van der Waals surface area contributed by atoms with Crippen LogP contribution in [0.3, 0.4) is 0 Å². The van der Waals surface area contributed by atoms with E-state index >= 15 is 0 Å². The van der Waals surface area contributed by atoms with Crippen LogP contribution in [-0.2, 0) is 0 Å². The van der Waals surface area contributed by atoms with Gasteiger partial charge in [-0.25, -0.2) is 0 Å². The van der Waals surface area contributed by atoms with E-state index in [0.29, 0.717) is 0 Å². The van der Waals surface area contributed by atoms with Gasteiger partial charge in [0.15, 0.2) is 0 Å². The molecular formula is C13H15N. The third-order valence-corrected chi connectivity index (χ3v) is 3.60. The standard InChI is InChI=1S/C13H15N/c1-9-5-6-11-4-2-3-10-7-8-12(10)13(11)14-9/h2,4-6,10,12H,3,7-8H2,1H3. The molecule has 0 N–H and O–H groups in total. The van der Waals surface area contributed by atoms with Crippen LogP contribution in [0.4, 0.5) is 0 Å². The number of rotatable bonds is 0. The fourth-order valence-corrected chi connectivity index (χ4v) is 2.61. The molecule has 0 radical (unpaired) electrons. The Labute approximate surface area is 84.9 Å². The first-order valence-electron chi connectivity index (χ1n) is 5.48. The second-order valence-electron chi connectivity index (χ2n) is 4.51. The molecule has 0 bridgehead atoms. The van der Waals surface area contributed by atoms with E-state index < -0.39 is 0 Å². The van der Waals surface area contributed by atoms with Gasteiger partial charge in [-0.15, -0.1) is 0 Å². The molecule has 2 aliphatic rings. The molecule has 2 unspecified atom stereocenters. The highest BCUT2D eigenvalue weighted by molar-refractivity contribution is 5.54. The zero-order valence-corrected chi connectivity index (χ0v) is 8.53. The Balaban J connectivity index is 2.12. The molecule has 3 rings (SSSR count). The maximum Gasteiger partial charge on any atom is 0.0512 e. The van der Waals surface area contributed by atoms with E-state index in [1.165, 1.54) is 30.5 Å². The topological polar surface area (TPSA) is 12.9 Å². The molecule has 72 valence electrons. The molecule has 2 atom stereocenters. The van der Waals surface area contributed by atoms with Crippen molar-refractivity contribution >= 4 is 6.08 Å². The largest absolute Gasteiger partial charge is 0.257 e. The molecule has 1 nitrogen and oxygen atoms in total. The molecule has 0 aliphatic heterocycles. The molecule has 0 amide bonds. The highest BCUT2D eigenvalue weighted by atomic mass is 14.7. The summed E-state index contributed by atoms with van der Waals surface area (Å²) in [5.41, 5.74) is 3.86. The molecule has 1 aromatic rings. The van der Waals surface area contributed by atoms with Gasteiger partial charge in [0.2, 0.25) is 0 Å². The molecule has 1 heterocycles. The van der Waals surface area contributed by atoms with Crippen LogP contribution in [-0.4, -0.2) is 4.98 Å². The van der Waals surface area contributed by atoms with Crippen molar-refractivity contribution in [2.24, 2.45) is 5.92 Å². The Hall–Kier alpha value is -1.11. The number of allylic oxidation sites excluding steroid dienone is 1. The van der Waals surface area contributed by atoms with Gasteiger partial charge in [-0.1, -0.05) is 18.2 Å². The zero-order valence-electron chi connectivity index (χ0n) is 8.53. The Morgan fingerprint density at radius 3 is 3.00 bits per heavy atom. The Kier molecular flexibility index (Phi) is 1.73. The van der Waals surface area contributed by atoms with Gasteiger partial charge in [0.05, 0.1) is 5.69 Å². The second-order valence-corrected chi connectivity index (χ2v) is 4.51. The Morgan fingerprint density at radius 1 is 1.29 bits per heavy atom. The van der Waals surface area contributed by atoms with Crippen LogP contribution in [0.2, 0.25) is 0 Å². The number of aryl methyl sites for hydroxylation is 1. The van der Waals surface area contributed by atoms with E-state index in [0.717, 1.165) is 17.5 Å². The van der Waals surface area contributed by atoms with Crippen molar-refractivity contribution in [3.05, 3.63) is 35.2 Å². The molecule has 1 aromatic heterocycles. The molecule has 1 heteroatoms. The lowest BCUT2D eigenvalue weighted by Gasteiger charge is -2.35. The number of pyridine rings is 1. The summed E-state index contributed by atoms with van der Waals surface area (Å²) in [5.74, 6) is 1.63. The minimum atomic E-state index is 0.750. The summed E-state index contributed by atoms with van der Waals surface area (Å²) in [6, 6.07) is 4.33. The second kappa shape index (κ2) is 2.94. The van der Waals surface area contributed by atoms with Gasteiger partial charge in [-0.2, -0.15) is 0 Å². The Bertz CT molecular complexity index is 392. The predicted octanol–water partition coefficient (Wildman–Crippen LogP) is 3.30. The summed E-state index contributed by atoms with van der Waals surface area (Å²) < 4.78 is 0. The molecule has 2 aliphatic carbocycles. The number of fused-ring (bicyclic) bond motifs is 3. The van der Waals surface area contributed by atoms with Gasteiger partial charge < -0.3 is 0 Å². The summed E-state index contributed by atoms with van der Waals surface area (Å²) in [4.78, 5) is 4.71. The lowest BCUT2D eigenvalue weighted by atomic mass is 9.70. The van der Waals surface area contributed by atoms with Crippen molar-refractivity contribution < 1.29 is 0 Å². The summed E-state index contributed by atoms with van der Waals surface area (Å²) in [6.45, 7) is 2.09. The summed E-state index contributed by atoms with van der Waals surface area (Å²) in [6.07, 6.45) is 8.56. The van der Waals surface area contributed by atoms with E-state index in [1.807, 2.05) is 0 Å². The van der Waals surface area contributed by atoms with Gasteiger partial charge in [0, 0.05) is 11.6 Å². The van der Waals surface area contributed by atoms with E-state index in [9.17, 15) is 0 Å². The molecule has 14 heavy (non-hydrogen) atoms. The SMILES string of the molecule is Cc1ccc2c(n1)C1CCC1CC=C2. The van der Waals surface area contributed by atoms with Crippen molar-refractivity contribution in [1.29, 1.82) is 0 Å². The van der Waals surface area contributed by atoms with Gasteiger partial charge in [-0.05, 0) is 43.7 Å². The third kappa shape index (κ3) is 1.12. The van der Waals surface area contributed by atoms with Crippen molar-refractivity contribution in [2.45, 2.75) is 32.1 Å². The van der Waals surface area contributed by atoms with Crippen LogP contribution in [0, 0.1) is 12.8 Å². The number of aromatic nitrogens is 1. The van der Waals surface area contributed by atoms with Crippen molar-refractivity contribution in [3.63, 3.8) is 0 Å². The monoisotopic (exact) mass is 185 g/mol. The smallest absolute Gasteiger partial charge is 0.0512 e. The fraction of sp³-hybridized carbons (Fsp3) is 0.462. The zero-order chi connectivity index (χ0) is 9.54. The van der Waals surface area contributed by atoms with Gasteiger partial charge in [0.1, 0.15) is 0 Å². The maximum atomic E-state index is 4.71. The average molecular weight is 185 g/mol. The van der Waals surface area contributed by atoms with Crippen LogP contribution >= 0.6 is 0 Å². The molecule has 1 fully saturated rings. The maximum absolute atomic E-state index is 4.71. The average Bonchev–Trinajstić information content (AvgIpc) is 2.23. The highest BCUT2D eigenvalue weighted by Crippen LogP contribution is 2.46. The first kappa shape index (κ1) is 8.22. The van der Waals surface area contributed by atoms with Crippen LogP contribution in [0.15, 0.2) is 18.2 Å². The van der Waals surface area contributed by atoms with Crippen molar-refractivity contribution in [2.75, 3.05) is 0 Å². The molecule has 0 aromatic carbocycles. The quantitative estimate of drug-likeness (QED) is 0.604. The summed E-state index contributed by atoms with van der Waals surface area (Å²) in [5, 5.41) is 0. The van der Waals surface area contributed by atoms with Gasteiger partial charge in [0.25, 0.3) is 0 Å². The van der Waals surface area contributed by atoms with E-state index in [-0.39, 0.29) is 0 Å². The lowest BCUT2D eigenvalue weighted by molar-refractivity contribution is 0.254. The van der Waals surface area contributed by atoms with Gasteiger partial charge >= 0.3 is 0 Å². The van der Waals surface area contributed by atoms with Gasteiger partial charge in [-0.3, -0.25) is 4.98 Å². The Morgan fingerprint density at radius 2 is 2.21 bits per heavy atom. The van der Waals surface area contributed by atoms with E-state index in [4.69, 9.17) is 4.98 Å². The first-order chi connectivity index (χ1) is 6.84. The summed E-state index contributed by atoms with van der Waals surface area (Å²) >= 11 is 0. The minimum Gasteiger partial charge on any atom is -0.257 e. The molecular weight excluding hydrogens is 170 g/mol. The normalized spacial score (nSPS) is 28.6. The van der Waals surface area contributed by atoms with Crippen molar-refractivity contribution in [3.8, 4) is 0 Å². The van der Waals surface area contributed by atoms with E-state index in [2.05, 4.69) is 31.2 Å². The predicted molar refractivity (Wildman–Crippen MR) is 58.1 cm³/mol. The van der Waals surface area contributed by atoms with Crippen molar-refractivity contribution in [1.82, 2.24) is 4.98 Å². The van der Waals surface area contributed by atoms with Crippen LogP contribution in [0.1, 0.15) is 42.1 Å². The molecule has 1 saturated carbocycles. The van der Waals surface area contributed by atoms with E-state index in [1.54, 1.807) is 0 Å². The molecule has 0 spiro atoms. The fourth-order valence-electron chi connectivity index (χ4n) is 2.61. The number of nitrogens with zero attached hydrogens (tertiary/aromatic N) is 1.